The highest BCUT2D eigenvalue weighted by Gasteiger charge is 2.50. The summed E-state index contributed by atoms with van der Waals surface area (Å²) in [5.74, 6) is -0.787. The van der Waals surface area contributed by atoms with E-state index in [4.69, 9.17) is 5.11 Å². The quantitative estimate of drug-likeness (QED) is 0.820. The molecule has 0 aromatic heterocycles. The van der Waals surface area contributed by atoms with Crippen LogP contribution >= 0.6 is 0 Å². The van der Waals surface area contributed by atoms with Gasteiger partial charge in [-0.2, -0.15) is 0 Å². The normalized spacial score (nSPS) is 23.8. The number of hydrogen-bond donors (Lipinski definition) is 2. The topological polar surface area (TPSA) is 69.6 Å². The number of nitrogens with one attached hydrogen (secondary N) is 1. The van der Waals surface area contributed by atoms with Gasteiger partial charge in [0.15, 0.2) is 0 Å². The number of rotatable bonds is 4. The van der Waals surface area contributed by atoms with E-state index < -0.39 is 11.4 Å². The molecule has 0 aromatic rings. The van der Waals surface area contributed by atoms with Gasteiger partial charge in [-0.05, 0) is 31.1 Å². The first kappa shape index (κ1) is 14.2. The van der Waals surface area contributed by atoms with Crippen LogP contribution in [0.2, 0.25) is 0 Å². The zero-order valence-corrected chi connectivity index (χ0v) is 11.9. The Bertz CT molecular complexity index is 369. The van der Waals surface area contributed by atoms with Crippen LogP contribution in [0.1, 0.15) is 46.0 Å². The van der Waals surface area contributed by atoms with E-state index in [1.807, 2.05) is 4.90 Å². The molecule has 1 aliphatic carbocycles. The highest BCUT2D eigenvalue weighted by atomic mass is 16.4. The maximum atomic E-state index is 12.0. The zero-order valence-electron chi connectivity index (χ0n) is 11.9. The van der Waals surface area contributed by atoms with Crippen molar-refractivity contribution in [2.45, 2.75) is 46.0 Å². The van der Waals surface area contributed by atoms with Crippen LogP contribution in [-0.4, -0.2) is 41.6 Å². The molecule has 0 aromatic carbocycles. The van der Waals surface area contributed by atoms with Crippen LogP contribution in [-0.2, 0) is 4.79 Å². The predicted octanol–water partition coefficient (Wildman–Crippen LogP) is 2.07. The van der Waals surface area contributed by atoms with E-state index >= 15 is 0 Å². The van der Waals surface area contributed by atoms with Crippen LogP contribution in [0.4, 0.5) is 4.79 Å². The van der Waals surface area contributed by atoms with Gasteiger partial charge in [0.1, 0.15) is 0 Å². The number of aliphatic carboxylic acids is 1. The number of hydrogen-bond acceptors (Lipinski definition) is 2. The summed E-state index contributed by atoms with van der Waals surface area (Å²) in [6, 6.07) is -0.106. The molecule has 0 bridgehead atoms. The summed E-state index contributed by atoms with van der Waals surface area (Å²) in [5.41, 5.74) is -0.320. The molecular weight excluding hydrogens is 244 g/mol. The van der Waals surface area contributed by atoms with E-state index in [1.165, 1.54) is 0 Å². The van der Waals surface area contributed by atoms with Gasteiger partial charge in [0.2, 0.25) is 0 Å². The lowest BCUT2D eigenvalue weighted by Gasteiger charge is -2.38. The maximum absolute atomic E-state index is 12.0. The fourth-order valence-electron chi connectivity index (χ4n) is 2.58. The number of piperidine rings is 1. The number of nitrogens with zero attached hydrogens (tertiary/aromatic N) is 1. The summed E-state index contributed by atoms with van der Waals surface area (Å²) >= 11 is 0. The molecule has 1 aliphatic heterocycles. The van der Waals surface area contributed by atoms with Gasteiger partial charge in [-0.3, -0.25) is 4.79 Å². The van der Waals surface area contributed by atoms with Crippen molar-refractivity contribution in [2.75, 3.05) is 19.6 Å². The third-order valence-corrected chi connectivity index (χ3v) is 5.00. The molecule has 1 saturated heterocycles. The first-order valence-corrected chi connectivity index (χ1v) is 7.17. The smallest absolute Gasteiger partial charge is 0.317 e. The molecule has 2 aliphatic rings. The van der Waals surface area contributed by atoms with E-state index in [1.54, 1.807) is 0 Å². The zero-order chi connectivity index (χ0) is 14.1. The Labute approximate surface area is 114 Å². The number of carboxylic acid groups (broad SMARTS) is 1. The molecule has 1 heterocycles. The molecule has 5 heteroatoms. The molecule has 0 radical (unpaired) electrons. The minimum atomic E-state index is -0.787. The number of carboxylic acids is 1. The lowest BCUT2D eigenvalue weighted by Crippen LogP contribution is -2.48. The van der Waals surface area contributed by atoms with Gasteiger partial charge < -0.3 is 15.3 Å². The summed E-state index contributed by atoms with van der Waals surface area (Å²) < 4.78 is 0. The van der Waals surface area contributed by atoms with E-state index in [9.17, 15) is 9.59 Å². The summed E-state index contributed by atoms with van der Waals surface area (Å²) in [6.07, 6.45) is 4.56. The van der Waals surface area contributed by atoms with Crippen LogP contribution < -0.4 is 5.32 Å². The Morgan fingerprint density at radius 3 is 2.21 bits per heavy atom. The van der Waals surface area contributed by atoms with E-state index in [2.05, 4.69) is 19.2 Å². The van der Waals surface area contributed by atoms with Gasteiger partial charge in [0.05, 0.1) is 5.41 Å². The summed E-state index contributed by atoms with van der Waals surface area (Å²) in [6.45, 7) is 6.28. The minimum absolute atomic E-state index is 0.106. The van der Waals surface area contributed by atoms with Gasteiger partial charge in [-0.15, -0.1) is 0 Å². The standard InChI is InChI=1S/C14H24N2O3/c1-3-13(2)6-8-16(9-7-13)12(19)15-10-14(4-5-14)11(17)18/h3-10H2,1-2H3,(H,15,19)(H,17,18). The first-order valence-electron chi connectivity index (χ1n) is 7.17. The third-order valence-electron chi connectivity index (χ3n) is 5.00. The molecule has 0 spiro atoms. The monoisotopic (exact) mass is 268 g/mol. The second kappa shape index (κ2) is 5.02. The Morgan fingerprint density at radius 1 is 1.21 bits per heavy atom. The number of likely N-dealkylation sites (tertiary alicyclic amines) is 1. The molecule has 2 rings (SSSR count). The SMILES string of the molecule is CCC1(C)CCN(C(=O)NCC2(C(=O)O)CC2)CC1. The van der Waals surface area contributed by atoms with Crippen molar-refractivity contribution in [3.05, 3.63) is 0 Å². The van der Waals surface area contributed by atoms with Crippen molar-refractivity contribution in [3.8, 4) is 0 Å². The van der Waals surface area contributed by atoms with Crippen molar-refractivity contribution in [3.63, 3.8) is 0 Å². The average Bonchev–Trinajstić information content (AvgIpc) is 3.18. The van der Waals surface area contributed by atoms with Gasteiger partial charge in [0.25, 0.3) is 0 Å². The largest absolute Gasteiger partial charge is 0.481 e. The summed E-state index contributed by atoms with van der Waals surface area (Å²) in [4.78, 5) is 24.9. The molecule has 2 amide bonds. The highest BCUT2D eigenvalue weighted by molar-refractivity contribution is 5.80. The molecule has 2 N–H and O–H groups in total. The Morgan fingerprint density at radius 2 is 1.79 bits per heavy atom. The van der Waals surface area contributed by atoms with Crippen LogP contribution in [0.5, 0.6) is 0 Å². The molecular formula is C14H24N2O3. The molecule has 1 saturated carbocycles. The first-order chi connectivity index (χ1) is 8.91. The number of urea groups is 1. The van der Waals surface area contributed by atoms with Gasteiger partial charge in [-0.25, -0.2) is 4.79 Å². The molecule has 19 heavy (non-hydrogen) atoms. The predicted molar refractivity (Wildman–Crippen MR) is 71.9 cm³/mol. The van der Waals surface area contributed by atoms with Crippen LogP contribution in [0.25, 0.3) is 0 Å². The summed E-state index contributed by atoms with van der Waals surface area (Å²) in [5, 5.41) is 11.9. The Balaban J connectivity index is 1.78. The number of carbonyl (C=O) groups excluding carboxylic acids is 1. The van der Waals surface area contributed by atoms with Gasteiger partial charge >= 0.3 is 12.0 Å². The van der Waals surface area contributed by atoms with Crippen molar-refractivity contribution in [1.82, 2.24) is 10.2 Å². The molecule has 2 fully saturated rings. The fourth-order valence-corrected chi connectivity index (χ4v) is 2.58. The molecule has 0 atom stereocenters. The van der Waals surface area contributed by atoms with Crippen LogP contribution in [0.3, 0.4) is 0 Å². The Hall–Kier alpha value is -1.26. The van der Waals surface area contributed by atoms with Gasteiger partial charge in [-0.1, -0.05) is 20.3 Å². The highest BCUT2D eigenvalue weighted by Crippen LogP contribution is 2.45. The maximum Gasteiger partial charge on any atom is 0.317 e. The van der Waals surface area contributed by atoms with Crippen molar-refractivity contribution < 1.29 is 14.7 Å². The lowest BCUT2D eigenvalue weighted by atomic mass is 9.78. The second-order valence-electron chi connectivity index (χ2n) is 6.40. The van der Waals surface area contributed by atoms with Crippen molar-refractivity contribution in [2.24, 2.45) is 10.8 Å². The van der Waals surface area contributed by atoms with Crippen LogP contribution in [0.15, 0.2) is 0 Å². The summed E-state index contributed by atoms with van der Waals surface area (Å²) in [7, 11) is 0. The van der Waals surface area contributed by atoms with E-state index in [-0.39, 0.29) is 12.6 Å². The number of carbonyl (C=O) groups is 2. The average molecular weight is 268 g/mol. The van der Waals surface area contributed by atoms with E-state index in [0.717, 1.165) is 32.4 Å². The molecule has 5 nitrogen and oxygen atoms in total. The van der Waals surface area contributed by atoms with E-state index in [0.29, 0.717) is 18.3 Å². The molecule has 108 valence electrons. The number of amides is 2. The van der Waals surface area contributed by atoms with Gasteiger partial charge in [0, 0.05) is 19.6 Å². The van der Waals surface area contributed by atoms with Crippen molar-refractivity contribution in [1.29, 1.82) is 0 Å². The fraction of sp³-hybridized carbons (Fsp3) is 0.857. The van der Waals surface area contributed by atoms with Crippen molar-refractivity contribution >= 4 is 12.0 Å². The minimum Gasteiger partial charge on any atom is -0.481 e. The lowest BCUT2D eigenvalue weighted by molar-refractivity contribution is -0.143. The third kappa shape index (κ3) is 3.01. The molecule has 0 unspecified atom stereocenters. The second-order valence-corrected chi connectivity index (χ2v) is 6.40. The van der Waals surface area contributed by atoms with Crippen LogP contribution in [0, 0.1) is 10.8 Å². The Kier molecular flexibility index (Phi) is 3.74.